The van der Waals surface area contributed by atoms with Gasteiger partial charge in [0, 0.05) is 24.7 Å². The summed E-state index contributed by atoms with van der Waals surface area (Å²) in [5, 5.41) is 0. The molecule has 5 heteroatoms. The topological polar surface area (TPSA) is 54.0 Å². The van der Waals surface area contributed by atoms with Gasteiger partial charge in [0.2, 0.25) is 12.1 Å². The molecule has 4 unspecified atom stereocenters. The molecule has 2 bridgehead atoms. The smallest absolute Gasteiger partial charge is 0.311 e. The van der Waals surface area contributed by atoms with Gasteiger partial charge in [-0.15, -0.1) is 0 Å². The number of unbranched alkanes of at least 4 members (excludes halogenated alkanes) is 3. The van der Waals surface area contributed by atoms with E-state index in [1.165, 1.54) is 0 Å². The predicted octanol–water partition coefficient (Wildman–Crippen LogP) is 5.13. The van der Waals surface area contributed by atoms with Crippen LogP contribution in [0.25, 0.3) is 0 Å². The second-order valence-electron chi connectivity index (χ2n) is 9.33. The first-order chi connectivity index (χ1) is 13.1. The summed E-state index contributed by atoms with van der Waals surface area (Å²) >= 11 is 0. The first-order valence-electron chi connectivity index (χ1n) is 11.3. The number of hydrogen-bond acceptors (Lipinski definition) is 5. The van der Waals surface area contributed by atoms with Crippen LogP contribution in [-0.4, -0.2) is 23.6 Å². The van der Waals surface area contributed by atoms with Crippen LogP contribution < -0.4 is 0 Å². The molecule has 4 aliphatic heterocycles. The van der Waals surface area contributed by atoms with E-state index in [9.17, 15) is 4.79 Å². The zero-order chi connectivity index (χ0) is 19.1. The highest BCUT2D eigenvalue weighted by atomic mass is 17.3. The summed E-state index contributed by atoms with van der Waals surface area (Å²) in [6.45, 7) is 6.67. The molecule has 0 aromatic rings. The minimum atomic E-state index is -0.747. The second-order valence-corrected chi connectivity index (χ2v) is 9.33. The van der Waals surface area contributed by atoms with Gasteiger partial charge in [-0.2, -0.15) is 0 Å². The van der Waals surface area contributed by atoms with E-state index < -0.39 is 17.7 Å². The lowest BCUT2D eigenvalue weighted by atomic mass is 9.57. The summed E-state index contributed by atoms with van der Waals surface area (Å²) < 4.78 is 12.4. The first-order valence-corrected chi connectivity index (χ1v) is 11.3. The molecule has 0 aromatic heterocycles. The van der Waals surface area contributed by atoms with Crippen LogP contribution in [0.5, 0.6) is 0 Å². The van der Waals surface area contributed by atoms with Crippen LogP contribution >= 0.6 is 0 Å². The molecule has 4 heterocycles. The molecule has 5 fully saturated rings. The van der Waals surface area contributed by atoms with E-state index in [0.29, 0.717) is 11.8 Å². The van der Waals surface area contributed by atoms with Crippen LogP contribution in [0.3, 0.4) is 0 Å². The Hall–Kier alpha value is -0.650. The van der Waals surface area contributed by atoms with Gasteiger partial charge in [0.05, 0.1) is 5.92 Å². The molecule has 7 atom stereocenters. The average molecular weight is 381 g/mol. The van der Waals surface area contributed by atoms with Gasteiger partial charge in [-0.3, -0.25) is 4.79 Å². The van der Waals surface area contributed by atoms with Crippen LogP contribution in [0.2, 0.25) is 0 Å². The lowest BCUT2D eigenvalue weighted by Gasteiger charge is -2.58. The number of rotatable bonds is 7. The SMILES string of the molecule is CCCCC[C@H]1C(=O)OC2OC3(CCCC)CC[C@H]4[C@H](C)CCC1C24OO3. The van der Waals surface area contributed by atoms with E-state index in [1.54, 1.807) is 0 Å². The van der Waals surface area contributed by atoms with Crippen molar-refractivity contribution in [1.82, 2.24) is 0 Å². The standard InChI is InChI=1S/C22H36O5/c1-4-6-8-9-16-18-11-10-15(3)17-12-14-21(13-7-5-2)25-20(24-19(16)23)22(17,18)27-26-21/h15-18,20H,4-14H2,1-3H3/t15-,16-,17+,18?,20?,21?,22?/m1/s1. The molecule has 0 N–H and O–H groups in total. The fourth-order valence-corrected chi connectivity index (χ4v) is 6.14. The maximum Gasteiger partial charge on any atom is 0.311 e. The van der Waals surface area contributed by atoms with Crippen molar-refractivity contribution in [1.29, 1.82) is 0 Å². The zero-order valence-corrected chi connectivity index (χ0v) is 17.2. The maximum atomic E-state index is 12.9. The number of fused-ring (bicyclic) bond motifs is 2. The van der Waals surface area contributed by atoms with Crippen molar-refractivity contribution in [3.63, 3.8) is 0 Å². The second kappa shape index (κ2) is 7.64. The van der Waals surface area contributed by atoms with Crippen LogP contribution in [0.1, 0.15) is 91.4 Å². The molecule has 0 aromatic carbocycles. The van der Waals surface area contributed by atoms with E-state index in [2.05, 4.69) is 20.8 Å². The summed E-state index contributed by atoms with van der Waals surface area (Å²) in [7, 11) is 0. The summed E-state index contributed by atoms with van der Waals surface area (Å²) in [6.07, 6.45) is 10.5. The van der Waals surface area contributed by atoms with E-state index in [-0.39, 0.29) is 17.8 Å². The fraction of sp³-hybridized carbons (Fsp3) is 0.955. The van der Waals surface area contributed by atoms with Crippen LogP contribution in [-0.2, 0) is 24.0 Å². The Kier molecular flexibility index (Phi) is 5.56. The minimum absolute atomic E-state index is 0.0816. The molecule has 1 aliphatic carbocycles. The normalized spacial score (nSPS) is 45.9. The van der Waals surface area contributed by atoms with Crippen molar-refractivity contribution in [2.75, 3.05) is 0 Å². The molecule has 4 saturated heterocycles. The Labute approximate surface area is 163 Å². The van der Waals surface area contributed by atoms with E-state index in [4.69, 9.17) is 19.2 Å². The molecule has 5 aliphatic rings. The van der Waals surface area contributed by atoms with Crippen molar-refractivity contribution in [2.24, 2.45) is 23.7 Å². The average Bonchev–Trinajstić information content (AvgIpc) is 2.91. The highest BCUT2D eigenvalue weighted by molar-refractivity contribution is 5.74. The number of esters is 1. The van der Waals surface area contributed by atoms with Crippen molar-refractivity contribution in [3.05, 3.63) is 0 Å². The van der Waals surface area contributed by atoms with Crippen LogP contribution in [0.15, 0.2) is 0 Å². The third-order valence-electron chi connectivity index (χ3n) is 7.68. The number of hydrogen-bond donors (Lipinski definition) is 0. The minimum Gasteiger partial charge on any atom is -0.432 e. The molecular weight excluding hydrogens is 344 g/mol. The number of carbonyl (C=O) groups is 1. The van der Waals surface area contributed by atoms with Crippen LogP contribution in [0.4, 0.5) is 0 Å². The van der Waals surface area contributed by atoms with E-state index in [1.807, 2.05) is 0 Å². The molecule has 154 valence electrons. The lowest BCUT2D eigenvalue weighted by Crippen LogP contribution is -2.70. The highest BCUT2D eigenvalue weighted by Crippen LogP contribution is 2.61. The van der Waals surface area contributed by atoms with Gasteiger partial charge in [-0.05, 0) is 38.0 Å². The summed E-state index contributed by atoms with van der Waals surface area (Å²) in [4.78, 5) is 25.3. The molecule has 1 saturated carbocycles. The Balaban J connectivity index is 1.65. The largest absolute Gasteiger partial charge is 0.432 e. The monoisotopic (exact) mass is 380 g/mol. The maximum absolute atomic E-state index is 12.9. The first kappa shape index (κ1) is 19.7. The lowest BCUT2D eigenvalue weighted by molar-refractivity contribution is -0.564. The fourth-order valence-electron chi connectivity index (χ4n) is 6.14. The molecule has 5 rings (SSSR count). The van der Waals surface area contributed by atoms with Crippen LogP contribution in [0, 0.1) is 23.7 Å². The molecule has 5 nitrogen and oxygen atoms in total. The van der Waals surface area contributed by atoms with Crippen molar-refractivity contribution in [2.45, 2.75) is 109 Å². The van der Waals surface area contributed by atoms with E-state index in [0.717, 1.165) is 70.6 Å². The van der Waals surface area contributed by atoms with Crippen molar-refractivity contribution in [3.8, 4) is 0 Å². The summed E-state index contributed by atoms with van der Waals surface area (Å²) in [5.74, 6) is 0.0864. The number of carbonyl (C=O) groups excluding carboxylic acids is 1. The number of ether oxygens (including phenoxy) is 2. The van der Waals surface area contributed by atoms with Gasteiger partial charge >= 0.3 is 5.97 Å². The summed E-state index contributed by atoms with van der Waals surface area (Å²) in [5.41, 5.74) is -0.616. The molecule has 0 radical (unpaired) electrons. The molecule has 27 heavy (non-hydrogen) atoms. The molecule has 1 spiro atoms. The van der Waals surface area contributed by atoms with Gasteiger partial charge in [-0.25, -0.2) is 9.78 Å². The molecule has 0 amide bonds. The van der Waals surface area contributed by atoms with Crippen molar-refractivity contribution >= 4 is 5.97 Å². The Morgan fingerprint density at radius 3 is 2.59 bits per heavy atom. The predicted molar refractivity (Wildman–Crippen MR) is 100 cm³/mol. The third kappa shape index (κ3) is 3.14. The Morgan fingerprint density at radius 2 is 1.81 bits per heavy atom. The Morgan fingerprint density at radius 1 is 1.00 bits per heavy atom. The molecular formula is C22H36O5. The summed E-state index contributed by atoms with van der Waals surface area (Å²) in [6, 6.07) is 0. The Bertz CT molecular complexity index is 551. The van der Waals surface area contributed by atoms with Gasteiger partial charge in [0.15, 0.2) is 5.60 Å². The third-order valence-corrected chi connectivity index (χ3v) is 7.68. The van der Waals surface area contributed by atoms with Gasteiger partial charge in [-0.1, -0.05) is 46.5 Å². The van der Waals surface area contributed by atoms with Gasteiger partial charge in [0.25, 0.3) is 0 Å². The van der Waals surface area contributed by atoms with Gasteiger partial charge in [0.1, 0.15) is 0 Å². The van der Waals surface area contributed by atoms with E-state index >= 15 is 0 Å². The highest BCUT2D eigenvalue weighted by Gasteiger charge is 2.71. The van der Waals surface area contributed by atoms with Gasteiger partial charge < -0.3 is 9.47 Å². The quantitative estimate of drug-likeness (QED) is 0.348. The van der Waals surface area contributed by atoms with Crippen molar-refractivity contribution < 1.29 is 24.0 Å². The zero-order valence-electron chi connectivity index (χ0n) is 17.2.